The zero-order valence-electron chi connectivity index (χ0n) is 14.1. The molecule has 2 aliphatic heterocycles. The summed E-state index contributed by atoms with van der Waals surface area (Å²) < 4.78 is 19.3. The molecule has 0 radical (unpaired) electrons. The molecule has 0 aliphatic carbocycles. The van der Waals surface area contributed by atoms with Gasteiger partial charge in [-0.15, -0.1) is 0 Å². The van der Waals surface area contributed by atoms with E-state index in [1.54, 1.807) is 4.57 Å². The van der Waals surface area contributed by atoms with Crippen molar-refractivity contribution in [3.63, 3.8) is 0 Å². The Kier molecular flexibility index (Phi) is 3.91. The lowest BCUT2D eigenvalue weighted by molar-refractivity contribution is -0.0540. The summed E-state index contributed by atoms with van der Waals surface area (Å²) in [4.78, 5) is 15.2. The van der Waals surface area contributed by atoms with Gasteiger partial charge in [-0.3, -0.25) is 9.36 Å². The van der Waals surface area contributed by atoms with Gasteiger partial charge < -0.3 is 19.0 Å². The van der Waals surface area contributed by atoms with Crippen molar-refractivity contribution >= 4 is 8.32 Å². The third-order valence-electron chi connectivity index (χ3n) is 5.04. The largest absolute Gasteiger partial charge is 0.455 e. The number of ether oxygens (including phenoxy) is 2. The summed E-state index contributed by atoms with van der Waals surface area (Å²) in [5, 5.41) is 10.5. The van der Waals surface area contributed by atoms with E-state index in [0.29, 0.717) is 6.61 Å². The van der Waals surface area contributed by atoms with Gasteiger partial charge in [-0.2, -0.15) is 4.98 Å². The summed E-state index contributed by atoms with van der Waals surface area (Å²) in [5.74, 6) is 0. The fourth-order valence-electron chi connectivity index (χ4n) is 2.54. The Morgan fingerprint density at radius 3 is 2.78 bits per heavy atom. The average molecular weight is 340 g/mol. The highest BCUT2D eigenvalue weighted by Gasteiger charge is 2.51. The Bertz CT molecular complexity index is 654. The number of hydrogen-bond acceptors (Lipinski definition) is 6. The van der Waals surface area contributed by atoms with Gasteiger partial charge in [-0.05, 0) is 18.1 Å². The summed E-state index contributed by atoms with van der Waals surface area (Å²) >= 11 is 0. The first-order chi connectivity index (χ1) is 10.6. The minimum atomic E-state index is -1.92. The standard InChI is InChI=1S/C15H24N2O5Si/c1-15(2,3)23(4,5)20-8-9-12-11(19)13(21-9)17-7-6-10(18)16-14(17)22-12/h6-7,9,11-13,19H,8H2,1-5H3/t9-,11-,12+,13-/m1/s1. The number of nitrogens with zero attached hydrogens (tertiary/aromatic N) is 2. The second-order valence-electron chi connectivity index (χ2n) is 7.67. The SMILES string of the molecule is CC(C)(C)[Si](C)(C)OC[C@H]1O[C@@H]2[C@H](O)[C@H]1Oc1nc(=O)ccn12. The van der Waals surface area contributed by atoms with Gasteiger partial charge in [0.2, 0.25) is 0 Å². The van der Waals surface area contributed by atoms with Crippen molar-refractivity contribution < 1.29 is 19.0 Å². The van der Waals surface area contributed by atoms with Crippen LogP contribution in [0.15, 0.2) is 17.1 Å². The maximum absolute atomic E-state index is 11.4. The van der Waals surface area contributed by atoms with Gasteiger partial charge in [0.1, 0.15) is 12.2 Å². The van der Waals surface area contributed by atoms with Gasteiger partial charge in [0.05, 0.1) is 6.61 Å². The van der Waals surface area contributed by atoms with Crippen LogP contribution in [0.1, 0.15) is 27.0 Å². The molecule has 0 spiro atoms. The summed E-state index contributed by atoms with van der Waals surface area (Å²) in [6.07, 6.45) is -0.823. The van der Waals surface area contributed by atoms with E-state index in [1.807, 2.05) is 0 Å². The monoisotopic (exact) mass is 340 g/mol. The lowest BCUT2D eigenvalue weighted by atomic mass is 10.1. The average Bonchev–Trinajstić information content (AvgIpc) is 2.64. The van der Waals surface area contributed by atoms with E-state index >= 15 is 0 Å². The Labute approximate surface area is 136 Å². The van der Waals surface area contributed by atoms with Crippen LogP contribution in [-0.2, 0) is 9.16 Å². The number of rotatable bonds is 3. The smallest absolute Gasteiger partial charge is 0.302 e. The van der Waals surface area contributed by atoms with Crippen molar-refractivity contribution in [1.82, 2.24) is 9.55 Å². The molecule has 2 bridgehead atoms. The molecule has 0 saturated carbocycles. The Hall–Kier alpha value is -1.22. The third kappa shape index (κ3) is 2.84. The van der Waals surface area contributed by atoms with Gasteiger partial charge in [-0.25, -0.2) is 0 Å². The Morgan fingerprint density at radius 1 is 1.43 bits per heavy atom. The molecule has 7 nitrogen and oxygen atoms in total. The van der Waals surface area contributed by atoms with Gasteiger partial charge >= 0.3 is 6.01 Å². The Morgan fingerprint density at radius 2 is 2.13 bits per heavy atom. The third-order valence-corrected chi connectivity index (χ3v) is 9.54. The van der Waals surface area contributed by atoms with Crippen LogP contribution in [0.2, 0.25) is 18.1 Å². The molecule has 0 unspecified atom stereocenters. The van der Waals surface area contributed by atoms with Gasteiger partial charge in [0.25, 0.3) is 5.56 Å². The molecule has 4 atom stereocenters. The van der Waals surface area contributed by atoms with Crippen LogP contribution in [0.25, 0.3) is 0 Å². The lowest BCUT2D eigenvalue weighted by Gasteiger charge is -2.37. The molecule has 2 aliphatic rings. The topological polar surface area (TPSA) is 82.8 Å². The first-order valence-corrected chi connectivity index (χ1v) is 10.7. The van der Waals surface area contributed by atoms with E-state index in [2.05, 4.69) is 38.8 Å². The number of fused-ring (bicyclic) bond motifs is 4. The molecule has 1 saturated heterocycles. The van der Waals surface area contributed by atoms with Crippen molar-refractivity contribution in [2.24, 2.45) is 0 Å². The summed E-state index contributed by atoms with van der Waals surface area (Å²) in [7, 11) is -1.92. The molecule has 1 aromatic rings. The van der Waals surface area contributed by atoms with E-state index in [-0.39, 0.29) is 22.7 Å². The van der Waals surface area contributed by atoms with Crippen LogP contribution < -0.4 is 10.3 Å². The predicted octanol–water partition coefficient (Wildman–Crippen LogP) is 1.28. The highest BCUT2D eigenvalue weighted by atomic mass is 28.4. The molecule has 1 fully saturated rings. The molecule has 1 aromatic heterocycles. The quantitative estimate of drug-likeness (QED) is 0.835. The maximum atomic E-state index is 11.4. The summed E-state index contributed by atoms with van der Waals surface area (Å²) in [5.41, 5.74) is -0.374. The van der Waals surface area contributed by atoms with Crippen LogP contribution in [0.4, 0.5) is 0 Å². The minimum absolute atomic E-state index is 0.0941. The van der Waals surface area contributed by atoms with E-state index < -0.39 is 26.8 Å². The molecule has 8 heteroatoms. The van der Waals surface area contributed by atoms with Gasteiger partial charge in [-0.1, -0.05) is 20.8 Å². The molecular weight excluding hydrogens is 316 g/mol. The molecule has 0 amide bonds. The minimum Gasteiger partial charge on any atom is -0.455 e. The molecule has 23 heavy (non-hydrogen) atoms. The van der Waals surface area contributed by atoms with Gasteiger partial charge in [0.15, 0.2) is 20.6 Å². The van der Waals surface area contributed by atoms with Crippen molar-refractivity contribution in [2.75, 3.05) is 6.61 Å². The van der Waals surface area contributed by atoms with Crippen molar-refractivity contribution in [3.05, 3.63) is 22.6 Å². The summed E-state index contributed by atoms with van der Waals surface area (Å²) in [6.45, 7) is 11.2. The number of aliphatic hydroxyl groups is 1. The van der Waals surface area contributed by atoms with Gasteiger partial charge in [0, 0.05) is 12.3 Å². The summed E-state index contributed by atoms with van der Waals surface area (Å²) in [6, 6.07) is 1.51. The van der Waals surface area contributed by atoms with Crippen LogP contribution in [0, 0.1) is 0 Å². The van der Waals surface area contributed by atoms with Crippen LogP contribution >= 0.6 is 0 Å². The van der Waals surface area contributed by atoms with E-state index in [1.165, 1.54) is 12.3 Å². The first kappa shape index (κ1) is 16.6. The predicted molar refractivity (Wildman–Crippen MR) is 86.0 cm³/mol. The number of aliphatic hydroxyl groups excluding tert-OH is 1. The molecule has 3 heterocycles. The zero-order chi connectivity index (χ0) is 17.0. The molecule has 128 valence electrons. The molecule has 3 rings (SSSR count). The first-order valence-electron chi connectivity index (χ1n) is 7.83. The second-order valence-corrected chi connectivity index (χ2v) is 12.5. The lowest BCUT2D eigenvalue weighted by Crippen LogP contribution is -2.47. The van der Waals surface area contributed by atoms with Crippen LogP contribution in [0.5, 0.6) is 6.01 Å². The van der Waals surface area contributed by atoms with Crippen LogP contribution in [-0.4, -0.2) is 47.9 Å². The van der Waals surface area contributed by atoms with Crippen molar-refractivity contribution in [3.8, 4) is 6.01 Å². The molecule has 1 N–H and O–H groups in total. The van der Waals surface area contributed by atoms with Crippen LogP contribution in [0.3, 0.4) is 0 Å². The number of aromatic nitrogens is 2. The van der Waals surface area contributed by atoms with E-state index in [9.17, 15) is 9.90 Å². The van der Waals surface area contributed by atoms with E-state index in [0.717, 1.165) is 0 Å². The highest BCUT2D eigenvalue weighted by molar-refractivity contribution is 6.74. The highest BCUT2D eigenvalue weighted by Crippen LogP contribution is 2.40. The zero-order valence-corrected chi connectivity index (χ0v) is 15.1. The Balaban J connectivity index is 1.76. The second kappa shape index (κ2) is 5.40. The fraction of sp³-hybridized carbons (Fsp3) is 0.733. The molecular formula is C15H24N2O5Si. The maximum Gasteiger partial charge on any atom is 0.302 e. The fourth-order valence-corrected chi connectivity index (χ4v) is 3.55. The normalized spacial score (nSPS) is 30.0. The van der Waals surface area contributed by atoms with Crippen molar-refractivity contribution in [1.29, 1.82) is 0 Å². The number of hydrogen-bond donors (Lipinski definition) is 1. The van der Waals surface area contributed by atoms with Crippen molar-refractivity contribution in [2.45, 2.75) is 63.4 Å². The van der Waals surface area contributed by atoms with E-state index in [4.69, 9.17) is 13.9 Å². The molecule has 0 aromatic carbocycles.